The van der Waals surface area contributed by atoms with Crippen LogP contribution in [-0.4, -0.2) is 27.5 Å². The SMILES string of the molecule is CC(C)CC(=O)OC(C(Oc1ccc(Br)cc1)n1ccnc1)C(C)(C)CCl. The van der Waals surface area contributed by atoms with E-state index in [-0.39, 0.29) is 11.9 Å². The Morgan fingerprint density at radius 1 is 1.30 bits per heavy atom. The highest BCUT2D eigenvalue weighted by Gasteiger charge is 2.41. The first-order chi connectivity index (χ1) is 12.7. The highest BCUT2D eigenvalue weighted by molar-refractivity contribution is 9.10. The summed E-state index contributed by atoms with van der Waals surface area (Å²) in [6.45, 7) is 7.88. The number of alkyl halides is 1. The molecule has 7 heteroatoms. The van der Waals surface area contributed by atoms with Gasteiger partial charge in [-0.1, -0.05) is 43.6 Å². The van der Waals surface area contributed by atoms with E-state index in [1.54, 1.807) is 23.3 Å². The first-order valence-corrected chi connectivity index (χ1v) is 10.2. The van der Waals surface area contributed by atoms with Gasteiger partial charge in [0.15, 0.2) is 6.10 Å². The summed E-state index contributed by atoms with van der Waals surface area (Å²) in [4.78, 5) is 16.6. The lowest BCUT2D eigenvalue weighted by Crippen LogP contribution is -2.44. The third-order valence-corrected chi connectivity index (χ3v) is 5.31. The molecular weight excluding hydrogens is 432 g/mol. The zero-order valence-electron chi connectivity index (χ0n) is 16.1. The predicted octanol–water partition coefficient (Wildman–Crippen LogP) is 5.45. The molecule has 0 aliphatic rings. The zero-order chi connectivity index (χ0) is 20.0. The summed E-state index contributed by atoms with van der Waals surface area (Å²) >= 11 is 9.65. The van der Waals surface area contributed by atoms with Crippen LogP contribution in [0.15, 0.2) is 47.5 Å². The number of carbonyl (C=O) groups excluding carboxylic acids is 1. The standard InChI is InChI=1S/C20H26BrClN2O3/c1-14(2)11-17(25)27-18(20(3,4)12-22)19(24-10-9-23-13-24)26-16-7-5-15(21)6-8-16/h5-10,13-14,18-19H,11-12H2,1-4H3. The zero-order valence-corrected chi connectivity index (χ0v) is 18.4. The third-order valence-electron chi connectivity index (χ3n) is 4.10. The smallest absolute Gasteiger partial charge is 0.306 e. The molecule has 0 spiro atoms. The van der Waals surface area contributed by atoms with Crippen LogP contribution >= 0.6 is 27.5 Å². The van der Waals surface area contributed by atoms with E-state index in [9.17, 15) is 4.79 Å². The van der Waals surface area contributed by atoms with E-state index in [0.29, 0.717) is 18.1 Å². The van der Waals surface area contributed by atoms with Crippen LogP contribution in [0.2, 0.25) is 0 Å². The third kappa shape index (κ3) is 6.25. The van der Waals surface area contributed by atoms with Crippen molar-refractivity contribution >= 4 is 33.5 Å². The minimum atomic E-state index is -0.599. The second-order valence-electron chi connectivity index (χ2n) is 7.60. The predicted molar refractivity (Wildman–Crippen MR) is 110 cm³/mol. The van der Waals surface area contributed by atoms with E-state index in [1.807, 2.05) is 52.0 Å². The minimum Gasteiger partial charge on any atom is -0.466 e. The largest absolute Gasteiger partial charge is 0.466 e. The van der Waals surface area contributed by atoms with Crippen LogP contribution in [0.5, 0.6) is 5.75 Å². The van der Waals surface area contributed by atoms with Crippen LogP contribution in [0.25, 0.3) is 0 Å². The molecule has 1 heterocycles. The van der Waals surface area contributed by atoms with Crippen LogP contribution in [0.4, 0.5) is 0 Å². The van der Waals surface area contributed by atoms with E-state index >= 15 is 0 Å². The highest BCUT2D eigenvalue weighted by atomic mass is 79.9. The van der Waals surface area contributed by atoms with Gasteiger partial charge in [-0.2, -0.15) is 0 Å². The van der Waals surface area contributed by atoms with E-state index in [2.05, 4.69) is 20.9 Å². The van der Waals surface area contributed by atoms with Gasteiger partial charge in [0.05, 0.1) is 6.33 Å². The number of carbonyl (C=O) groups is 1. The fraction of sp³-hybridized carbons (Fsp3) is 0.500. The van der Waals surface area contributed by atoms with Gasteiger partial charge in [0.1, 0.15) is 5.75 Å². The first kappa shape index (κ1) is 21.8. The molecule has 2 aromatic rings. The van der Waals surface area contributed by atoms with Gasteiger partial charge in [-0.3, -0.25) is 9.36 Å². The summed E-state index contributed by atoms with van der Waals surface area (Å²) in [7, 11) is 0. The molecule has 1 aromatic heterocycles. The Balaban J connectivity index is 2.36. The Labute approximate surface area is 174 Å². The number of rotatable bonds is 9. The Kier molecular flexibility index (Phi) is 7.74. The van der Waals surface area contributed by atoms with E-state index in [0.717, 1.165) is 4.47 Å². The van der Waals surface area contributed by atoms with Crippen LogP contribution in [0.3, 0.4) is 0 Å². The molecule has 0 amide bonds. The van der Waals surface area contributed by atoms with Crippen LogP contribution in [-0.2, 0) is 9.53 Å². The molecule has 0 saturated heterocycles. The van der Waals surface area contributed by atoms with Crippen molar-refractivity contribution in [1.82, 2.24) is 9.55 Å². The van der Waals surface area contributed by atoms with Gasteiger partial charge in [0.25, 0.3) is 0 Å². The Morgan fingerprint density at radius 3 is 2.48 bits per heavy atom. The topological polar surface area (TPSA) is 53.4 Å². The molecule has 2 atom stereocenters. The maximum atomic E-state index is 12.4. The lowest BCUT2D eigenvalue weighted by atomic mass is 9.87. The molecule has 0 N–H and O–H groups in total. The Morgan fingerprint density at radius 2 is 1.96 bits per heavy atom. The van der Waals surface area contributed by atoms with Gasteiger partial charge in [0, 0.05) is 34.6 Å². The van der Waals surface area contributed by atoms with Gasteiger partial charge in [-0.25, -0.2) is 4.98 Å². The summed E-state index contributed by atoms with van der Waals surface area (Å²) in [6.07, 6.45) is 4.24. The van der Waals surface area contributed by atoms with Gasteiger partial charge in [-0.05, 0) is 30.2 Å². The van der Waals surface area contributed by atoms with Gasteiger partial charge >= 0.3 is 5.97 Å². The summed E-state index contributed by atoms with van der Waals surface area (Å²) < 4.78 is 14.9. The summed E-state index contributed by atoms with van der Waals surface area (Å²) in [5.74, 6) is 0.905. The molecule has 2 unspecified atom stereocenters. The highest BCUT2D eigenvalue weighted by Crippen LogP contribution is 2.35. The number of halogens is 2. The summed E-state index contributed by atoms with van der Waals surface area (Å²) in [6, 6.07) is 7.50. The number of esters is 1. The van der Waals surface area contributed by atoms with Crippen molar-refractivity contribution in [2.75, 3.05) is 5.88 Å². The lowest BCUT2D eigenvalue weighted by molar-refractivity contribution is -0.168. The van der Waals surface area contributed by atoms with Crippen molar-refractivity contribution in [3.63, 3.8) is 0 Å². The molecule has 0 fully saturated rings. The number of nitrogens with zero attached hydrogens (tertiary/aromatic N) is 2. The molecule has 5 nitrogen and oxygen atoms in total. The molecule has 27 heavy (non-hydrogen) atoms. The maximum Gasteiger partial charge on any atom is 0.306 e. The fourth-order valence-corrected chi connectivity index (χ4v) is 2.97. The minimum absolute atomic E-state index is 0.205. The lowest BCUT2D eigenvalue weighted by Gasteiger charge is -2.38. The number of hydrogen-bond acceptors (Lipinski definition) is 4. The van der Waals surface area contributed by atoms with Crippen LogP contribution < -0.4 is 4.74 Å². The summed E-state index contributed by atoms with van der Waals surface area (Å²) in [5, 5.41) is 0. The van der Waals surface area contributed by atoms with Crippen molar-refractivity contribution in [1.29, 1.82) is 0 Å². The van der Waals surface area contributed by atoms with Gasteiger partial charge in [-0.15, -0.1) is 11.6 Å². The maximum absolute atomic E-state index is 12.4. The van der Waals surface area contributed by atoms with Crippen molar-refractivity contribution in [2.24, 2.45) is 11.3 Å². The molecule has 148 valence electrons. The molecular formula is C20H26BrClN2O3. The number of ether oxygens (including phenoxy) is 2. The molecule has 0 aliphatic carbocycles. The molecule has 0 saturated carbocycles. The number of hydrogen-bond donors (Lipinski definition) is 0. The molecule has 0 bridgehead atoms. The van der Waals surface area contributed by atoms with Crippen LogP contribution in [0, 0.1) is 11.3 Å². The number of benzene rings is 1. The molecule has 2 rings (SSSR count). The fourth-order valence-electron chi connectivity index (χ4n) is 2.55. The molecule has 0 radical (unpaired) electrons. The normalized spacial score (nSPS) is 14.0. The Bertz CT molecular complexity index is 717. The second-order valence-corrected chi connectivity index (χ2v) is 8.79. The van der Waals surface area contributed by atoms with Gasteiger partial charge < -0.3 is 9.47 Å². The van der Waals surface area contributed by atoms with Gasteiger partial charge in [0.2, 0.25) is 6.23 Å². The Hall–Kier alpha value is -1.53. The molecule has 0 aliphatic heterocycles. The number of imidazole rings is 1. The van der Waals surface area contributed by atoms with Crippen molar-refractivity contribution in [3.05, 3.63) is 47.5 Å². The van der Waals surface area contributed by atoms with E-state index in [1.165, 1.54) is 0 Å². The first-order valence-electron chi connectivity index (χ1n) is 8.88. The molecule has 1 aromatic carbocycles. The second kappa shape index (κ2) is 9.60. The monoisotopic (exact) mass is 456 g/mol. The average molecular weight is 458 g/mol. The van der Waals surface area contributed by atoms with Crippen LogP contribution in [0.1, 0.15) is 40.3 Å². The average Bonchev–Trinajstić information content (AvgIpc) is 3.13. The van der Waals surface area contributed by atoms with E-state index < -0.39 is 17.7 Å². The van der Waals surface area contributed by atoms with E-state index in [4.69, 9.17) is 21.1 Å². The summed E-state index contributed by atoms with van der Waals surface area (Å²) in [5.41, 5.74) is -0.515. The van der Waals surface area contributed by atoms with Crippen molar-refractivity contribution < 1.29 is 14.3 Å². The van der Waals surface area contributed by atoms with Crippen molar-refractivity contribution in [3.8, 4) is 5.75 Å². The number of aromatic nitrogens is 2. The quantitative estimate of drug-likeness (QED) is 0.371. The van der Waals surface area contributed by atoms with Crippen molar-refractivity contribution in [2.45, 2.75) is 46.4 Å².